The third-order valence-electron chi connectivity index (χ3n) is 2.52. The molecule has 0 N–H and O–H groups in total. The molecule has 0 bridgehead atoms. The van der Waals surface area contributed by atoms with Crippen LogP contribution in [-0.4, -0.2) is 27.3 Å². The van der Waals surface area contributed by atoms with Gasteiger partial charge in [-0.3, -0.25) is 4.79 Å². The van der Waals surface area contributed by atoms with Crippen molar-refractivity contribution < 1.29 is 4.79 Å². The lowest BCUT2D eigenvalue weighted by Crippen LogP contribution is -2.35. The maximum atomic E-state index is 11.5. The van der Waals surface area contributed by atoms with Crippen LogP contribution in [0.4, 0.5) is 0 Å². The highest BCUT2D eigenvalue weighted by Crippen LogP contribution is 2.15. The largest absolute Gasteiger partial charge is 0.338 e. The Morgan fingerprint density at radius 1 is 1.64 bits per heavy atom. The maximum Gasteiger partial charge on any atom is 0.222 e. The van der Waals surface area contributed by atoms with E-state index in [4.69, 9.17) is 0 Å². The molecule has 4 heteroatoms. The van der Waals surface area contributed by atoms with Crippen LogP contribution in [0.1, 0.15) is 24.6 Å². The zero-order chi connectivity index (χ0) is 9.97. The standard InChI is InChI=1S/C10H13N3O/c1-2-10(14)13-4-3-9-8(6-13)5-11-7-12-9/h5,7H,2-4,6H2,1H3. The van der Waals surface area contributed by atoms with Crippen LogP contribution in [0, 0.1) is 0 Å². The number of carbonyl (C=O) groups excluding carboxylic acids is 1. The van der Waals surface area contributed by atoms with Gasteiger partial charge in [-0.25, -0.2) is 9.97 Å². The third-order valence-corrected chi connectivity index (χ3v) is 2.52. The molecule has 4 nitrogen and oxygen atoms in total. The van der Waals surface area contributed by atoms with E-state index in [2.05, 4.69) is 9.97 Å². The SMILES string of the molecule is CCC(=O)N1CCc2ncncc2C1. The van der Waals surface area contributed by atoms with Gasteiger partial charge in [0.25, 0.3) is 0 Å². The highest BCUT2D eigenvalue weighted by molar-refractivity contribution is 5.76. The molecule has 0 aliphatic carbocycles. The molecule has 0 radical (unpaired) electrons. The van der Waals surface area contributed by atoms with Gasteiger partial charge in [-0.05, 0) is 0 Å². The van der Waals surface area contributed by atoms with Gasteiger partial charge in [-0.2, -0.15) is 0 Å². The molecule has 0 fully saturated rings. The smallest absolute Gasteiger partial charge is 0.222 e. The Balaban J connectivity index is 2.17. The fraction of sp³-hybridized carbons (Fsp3) is 0.500. The summed E-state index contributed by atoms with van der Waals surface area (Å²) in [7, 11) is 0. The predicted octanol–water partition coefficient (Wildman–Crippen LogP) is 0.771. The summed E-state index contributed by atoms with van der Waals surface area (Å²) in [6.45, 7) is 3.35. The predicted molar refractivity (Wildman–Crippen MR) is 51.4 cm³/mol. The molecule has 14 heavy (non-hydrogen) atoms. The molecule has 74 valence electrons. The molecule has 2 rings (SSSR count). The Kier molecular flexibility index (Phi) is 2.43. The van der Waals surface area contributed by atoms with Gasteiger partial charge in [0.2, 0.25) is 5.91 Å². The van der Waals surface area contributed by atoms with Gasteiger partial charge in [-0.1, -0.05) is 6.92 Å². The quantitative estimate of drug-likeness (QED) is 0.658. The molecule has 0 aromatic carbocycles. The van der Waals surface area contributed by atoms with Gasteiger partial charge in [0, 0.05) is 37.7 Å². The van der Waals surface area contributed by atoms with Crippen molar-refractivity contribution in [1.29, 1.82) is 0 Å². The van der Waals surface area contributed by atoms with Crippen LogP contribution in [0.2, 0.25) is 0 Å². The van der Waals surface area contributed by atoms with Gasteiger partial charge in [0.15, 0.2) is 0 Å². The number of carbonyl (C=O) groups is 1. The Morgan fingerprint density at radius 3 is 3.29 bits per heavy atom. The first-order valence-electron chi connectivity index (χ1n) is 4.86. The second-order valence-electron chi connectivity index (χ2n) is 3.41. The van der Waals surface area contributed by atoms with Crippen LogP contribution < -0.4 is 0 Å². The molecular formula is C10H13N3O. The van der Waals surface area contributed by atoms with E-state index in [9.17, 15) is 4.79 Å². The van der Waals surface area contributed by atoms with Crippen molar-refractivity contribution in [3.63, 3.8) is 0 Å². The molecule has 1 aliphatic rings. The maximum absolute atomic E-state index is 11.5. The van der Waals surface area contributed by atoms with Gasteiger partial charge in [0.1, 0.15) is 6.33 Å². The average Bonchev–Trinajstić information content (AvgIpc) is 2.27. The summed E-state index contributed by atoms with van der Waals surface area (Å²) in [5.74, 6) is 0.208. The minimum absolute atomic E-state index is 0.208. The second-order valence-corrected chi connectivity index (χ2v) is 3.41. The summed E-state index contributed by atoms with van der Waals surface area (Å²) in [6.07, 6.45) is 4.79. The van der Waals surface area contributed by atoms with Crippen molar-refractivity contribution in [3.05, 3.63) is 23.8 Å². The summed E-state index contributed by atoms with van der Waals surface area (Å²) in [5.41, 5.74) is 2.17. The van der Waals surface area contributed by atoms with Crippen molar-refractivity contribution in [1.82, 2.24) is 14.9 Å². The number of fused-ring (bicyclic) bond motifs is 1. The van der Waals surface area contributed by atoms with E-state index < -0.39 is 0 Å². The topological polar surface area (TPSA) is 46.1 Å². The number of hydrogen-bond donors (Lipinski definition) is 0. The molecule has 0 saturated carbocycles. The van der Waals surface area contributed by atoms with Gasteiger partial charge >= 0.3 is 0 Å². The lowest BCUT2D eigenvalue weighted by molar-refractivity contribution is -0.131. The van der Waals surface area contributed by atoms with Crippen LogP contribution in [0.3, 0.4) is 0 Å². The zero-order valence-corrected chi connectivity index (χ0v) is 8.23. The van der Waals surface area contributed by atoms with Gasteiger partial charge < -0.3 is 4.90 Å². The van der Waals surface area contributed by atoms with Crippen molar-refractivity contribution in [3.8, 4) is 0 Å². The van der Waals surface area contributed by atoms with Crippen LogP contribution in [0.25, 0.3) is 0 Å². The third kappa shape index (κ3) is 1.60. The lowest BCUT2D eigenvalue weighted by Gasteiger charge is -2.27. The van der Waals surface area contributed by atoms with E-state index in [1.165, 1.54) is 0 Å². The molecule has 2 heterocycles. The lowest BCUT2D eigenvalue weighted by atomic mass is 10.1. The Morgan fingerprint density at radius 2 is 2.50 bits per heavy atom. The number of nitrogens with zero attached hydrogens (tertiary/aromatic N) is 3. The molecule has 0 atom stereocenters. The Hall–Kier alpha value is -1.45. The molecule has 1 aromatic heterocycles. The highest BCUT2D eigenvalue weighted by atomic mass is 16.2. The monoisotopic (exact) mass is 191 g/mol. The zero-order valence-electron chi connectivity index (χ0n) is 8.23. The minimum Gasteiger partial charge on any atom is -0.338 e. The van der Waals surface area contributed by atoms with Crippen molar-refractivity contribution >= 4 is 5.91 Å². The van der Waals surface area contributed by atoms with Crippen LogP contribution in [0.15, 0.2) is 12.5 Å². The van der Waals surface area contributed by atoms with E-state index in [1.54, 1.807) is 12.5 Å². The molecule has 1 aromatic rings. The second kappa shape index (κ2) is 3.74. The van der Waals surface area contributed by atoms with Crippen molar-refractivity contribution in [2.75, 3.05) is 6.54 Å². The molecule has 1 aliphatic heterocycles. The molecular weight excluding hydrogens is 178 g/mol. The molecule has 1 amide bonds. The first-order valence-corrected chi connectivity index (χ1v) is 4.86. The highest BCUT2D eigenvalue weighted by Gasteiger charge is 2.19. The number of hydrogen-bond acceptors (Lipinski definition) is 3. The Bertz CT molecular complexity index is 351. The number of amides is 1. The van der Waals surface area contributed by atoms with E-state index in [1.807, 2.05) is 11.8 Å². The van der Waals surface area contributed by atoms with E-state index in [-0.39, 0.29) is 5.91 Å². The molecule has 0 spiro atoms. The van der Waals surface area contributed by atoms with Gasteiger partial charge in [-0.15, -0.1) is 0 Å². The number of rotatable bonds is 1. The van der Waals surface area contributed by atoms with Gasteiger partial charge in [0.05, 0.1) is 5.69 Å². The van der Waals surface area contributed by atoms with E-state index in [0.717, 1.165) is 24.2 Å². The van der Waals surface area contributed by atoms with E-state index in [0.29, 0.717) is 13.0 Å². The minimum atomic E-state index is 0.208. The summed E-state index contributed by atoms with van der Waals surface area (Å²) in [4.78, 5) is 21.5. The summed E-state index contributed by atoms with van der Waals surface area (Å²) in [6, 6.07) is 0. The summed E-state index contributed by atoms with van der Waals surface area (Å²) >= 11 is 0. The van der Waals surface area contributed by atoms with Crippen LogP contribution in [0.5, 0.6) is 0 Å². The fourth-order valence-corrected chi connectivity index (χ4v) is 1.70. The van der Waals surface area contributed by atoms with Crippen molar-refractivity contribution in [2.45, 2.75) is 26.3 Å². The van der Waals surface area contributed by atoms with Crippen molar-refractivity contribution in [2.24, 2.45) is 0 Å². The summed E-state index contributed by atoms with van der Waals surface area (Å²) in [5, 5.41) is 0. The molecule has 0 saturated heterocycles. The molecule has 0 unspecified atom stereocenters. The van der Waals surface area contributed by atoms with E-state index >= 15 is 0 Å². The average molecular weight is 191 g/mol. The first-order chi connectivity index (χ1) is 6.81. The first kappa shape index (κ1) is 9.12. The summed E-state index contributed by atoms with van der Waals surface area (Å²) < 4.78 is 0. The van der Waals surface area contributed by atoms with Crippen LogP contribution in [-0.2, 0) is 17.8 Å². The Labute approximate surface area is 83.0 Å². The number of aromatic nitrogens is 2. The normalized spacial score (nSPS) is 15.1. The fourth-order valence-electron chi connectivity index (χ4n) is 1.70. The van der Waals surface area contributed by atoms with Crippen LogP contribution >= 0.6 is 0 Å².